The van der Waals surface area contributed by atoms with E-state index in [1.165, 1.54) is 24.2 Å². The van der Waals surface area contributed by atoms with Crippen molar-refractivity contribution in [1.82, 2.24) is 35.0 Å². The maximum atomic E-state index is 16.2. The van der Waals surface area contributed by atoms with E-state index in [2.05, 4.69) is 30.0 Å². The van der Waals surface area contributed by atoms with Gasteiger partial charge in [-0.1, -0.05) is 0 Å². The number of carbonyl (C=O) groups excluding carboxylic acids is 1. The number of H-pyrrole nitrogens is 2. The van der Waals surface area contributed by atoms with Crippen LogP contribution >= 0.6 is 11.3 Å². The number of nitrogens with zero attached hydrogens (tertiary/aromatic N) is 5. The zero-order chi connectivity index (χ0) is 26.5. The molecule has 0 radical (unpaired) electrons. The van der Waals surface area contributed by atoms with Crippen molar-refractivity contribution in [3.8, 4) is 33.2 Å². The summed E-state index contributed by atoms with van der Waals surface area (Å²) in [5.74, 6) is 0.0672. The number of halogens is 1. The molecule has 6 heterocycles. The van der Waals surface area contributed by atoms with Gasteiger partial charge in [-0.25, -0.2) is 9.37 Å². The van der Waals surface area contributed by atoms with Gasteiger partial charge in [-0.05, 0) is 74.8 Å². The van der Waals surface area contributed by atoms with Crippen LogP contribution in [-0.4, -0.2) is 53.9 Å². The van der Waals surface area contributed by atoms with Crippen LogP contribution in [0.3, 0.4) is 0 Å². The van der Waals surface area contributed by atoms with Crippen molar-refractivity contribution < 1.29 is 9.18 Å². The van der Waals surface area contributed by atoms with Gasteiger partial charge in [-0.3, -0.25) is 24.8 Å². The Bertz CT molecular complexity index is 1860. The summed E-state index contributed by atoms with van der Waals surface area (Å²) in [5.41, 5.74) is 5.28. The van der Waals surface area contributed by atoms with E-state index in [1.807, 2.05) is 30.5 Å². The number of benzene rings is 1. The highest BCUT2D eigenvalue weighted by Gasteiger charge is 2.21. The Morgan fingerprint density at radius 1 is 1.08 bits per heavy atom. The summed E-state index contributed by atoms with van der Waals surface area (Å²) in [6.45, 7) is 4.53. The first-order valence-corrected chi connectivity index (χ1v) is 13.7. The van der Waals surface area contributed by atoms with Crippen molar-refractivity contribution in [2.75, 3.05) is 13.1 Å². The number of rotatable bonds is 6. The minimum Gasteiger partial charge on any atom is -0.336 e. The number of likely N-dealkylation sites (tertiary alicyclic amines) is 1. The van der Waals surface area contributed by atoms with Gasteiger partial charge in [0, 0.05) is 36.3 Å². The molecule has 1 saturated heterocycles. The Morgan fingerprint density at radius 2 is 1.95 bits per heavy atom. The van der Waals surface area contributed by atoms with Gasteiger partial charge >= 0.3 is 0 Å². The van der Waals surface area contributed by atoms with Crippen molar-refractivity contribution >= 4 is 39.1 Å². The molecule has 0 atom stereocenters. The van der Waals surface area contributed by atoms with Gasteiger partial charge in [0.15, 0.2) is 11.6 Å². The number of hydrogen-bond donors (Lipinski definition) is 2. The lowest BCUT2D eigenvalue weighted by Gasteiger charge is -2.15. The van der Waals surface area contributed by atoms with Gasteiger partial charge in [0.05, 0.1) is 26.2 Å². The third-order valence-electron chi connectivity index (χ3n) is 7.19. The van der Waals surface area contributed by atoms with E-state index < -0.39 is 0 Å². The highest BCUT2D eigenvalue weighted by Crippen LogP contribution is 2.36. The largest absolute Gasteiger partial charge is 0.336 e. The summed E-state index contributed by atoms with van der Waals surface area (Å²) in [5, 5.41) is 7.74. The zero-order valence-corrected chi connectivity index (χ0v) is 22.0. The van der Waals surface area contributed by atoms with E-state index in [1.54, 1.807) is 31.5 Å². The summed E-state index contributed by atoms with van der Waals surface area (Å²) >= 11 is 1.37. The van der Waals surface area contributed by atoms with E-state index in [9.17, 15) is 4.79 Å². The lowest BCUT2D eigenvalue weighted by Crippen LogP contribution is -2.18. The Balaban J connectivity index is 1.30. The van der Waals surface area contributed by atoms with Crippen molar-refractivity contribution in [1.29, 1.82) is 0 Å². The van der Waals surface area contributed by atoms with Gasteiger partial charge in [0.25, 0.3) is 0 Å². The van der Waals surface area contributed by atoms with E-state index in [4.69, 9.17) is 4.98 Å². The fourth-order valence-electron chi connectivity index (χ4n) is 5.27. The smallest absolute Gasteiger partial charge is 0.169 e. The molecule has 10 heteroatoms. The van der Waals surface area contributed by atoms with Crippen LogP contribution in [0.15, 0.2) is 55.0 Å². The first-order chi connectivity index (χ1) is 19.0. The Kier molecular flexibility index (Phi) is 5.79. The van der Waals surface area contributed by atoms with Crippen molar-refractivity contribution in [3.05, 3.63) is 71.2 Å². The number of thiophene rings is 1. The second-order valence-corrected chi connectivity index (χ2v) is 10.9. The number of nitrogens with one attached hydrogen (secondary N) is 2. The SMILES string of the molecule is CC(=O)c1ccc(-c2nccc3[nH]c(-c4n[nH]c5ccc(-c6cncc(CN7CCCC7)c6)c(F)c45)nc23)s1. The first kappa shape index (κ1) is 23.8. The molecule has 2 N–H and O–H groups in total. The summed E-state index contributed by atoms with van der Waals surface area (Å²) in [6.07, 6.45) is 7.68. The van der Waals surface area contributed by atoms with Crippen molar-refractivity contribution in [3.63, 3.8) is 0 Å². The molecule has 0 bridgehead atoms. The van der Waals surface area contributed by atoms with Crippen molar-refractivity contribution in [2.45, 2.75) is 26.3 Å². The molecular formula is C29H24FN7OS. The summed E-state index contributed by atoms with van der Waals surface area (Å²) in [7, 11) is 0. The molecule has 0 spiro atoms. The molecule has 6 aromatic rings. The quantitative estimate of drug-likeness (QED) is 0.244. The van der Waals surface area contributed by atoms with Gasteiger partial charge in [0.1, 0.15) is 22.7 Å². The Labute approximate surface area is 227 Å². The zero-order valence-electron chi connectivity index (χ0n) is 21.2. The van der Waals surface area contributed by atoms with E-state index in [0.717, 1.165) is 41.2 Å². The maximum Gasteiger partial charge on any atom is 0.169 e. The van der Waals surface area contributed by atoms with Crippen LogP contribution in [0.25, 0.3) is 55.2 Å². The molecule has 0 amide bonds. The van der Waals surface area contributed by atoms with Gasteiger partial charge in [-0.15, -0.1) is 11.3 Å². The molecular weight excluding hydrogens is 513 g/mol. The topological polar surface area (TPSA) is 103 Å². The molecule has 1 fully saturated rings. The Morgan fingerprint density at radius 3 is 2.77 bits per heavy atom. The molecule has 7 rings (SSSR count). The van der Waals surface area contributed by atoms with E-state index >= 15 is 4.39 Å². The second-order valence-electron chi connectivity index (χ2n) is 9.85. The average molecular weight is 538 g/mol. The van der Waals surface area contributed by atoms with E-state index in [-0.39, 0.29) is 11.6 Å². The minimum absolute atomic E-state index is 0.00666. The van der Waals surface area contributed by atoms with Crippen LogP contribution in [-0.2, 0) is 6.54 Å². The fraction of sp³-hybridized carbons (Fsp3) is 0.207. The van der Waals surface area contributed by atoms with Crippen LogP contribution in [0.4, 0.5) is 4.39 Å². The predicted octanol–water partition coefficient (Wildman–Crippen LogP) is 6.23. The minimum atomic E-state index is -0.375. The molecule has 1 aliphatic heterocycles. The highest BCUT2D eigenvalue weighted by atomic mass is 32.1. The molecule has 0 saturated carbocycles. The molecule has 0 unspecified atom stereocenters. The summed E-state index contributed by atoms with van der Waals surface area (Å²) in [6, 6.07) is 11.1. The molecule has 39 heavy (non-hydrogen) atoms. The number of imidazole rings is 1. The summed E-state index contributed by atoms with van der Waals surface area (Å²) in [4.78, 5) is 32.7. The number of aromatic amines is 2. The molecule has 0 aliphatic carbocycles. The Hall–Kier alpha value is -4.28. The lowest BCUT2D eigenvalue weighted by molar-refractivity contribution is 0.102. The third-order valence-corrected chi connectivity index (χ3v) is 8.38. The van der Waals surface area contributed by atoms with Crippen LogP contribution in [0.2, 0.25) is 0 Å². The van der Waals surface area contributed by atoms with Gasteiger partial charge < -0.3 is 4.98 Å². The number of Topliss-reactive ketones (excluding diaryl/α,β-unsaturated/α-hetero) is 1. The standard InChI is InChI=1S/C29H24FN7OS/c1-16(38)22-6-7-23(39-22)27-26-21(8-9-32-27)33-29(34-26)28-24-20(35-36-28)5-4-19(25(24)30)18-12-17(13-31-14-18)15-37-10-2-3-11-37/h4-9,12-14H,2-3,10-11,15H2,1H3,(H,33,34)(H,35,36). The monoisotopic (exact) mass is 537 g/mol. The van der Waals surface area contributed by atoms with Crippen LogP contribution < -0.4 is 0 Å². The molecule has 194 valence electrons. The summed E-state index contributed by atoms with van der Waals surface area (Å²) < 4.78 is 16.2. The van der Waals surface area contributed by atoms with Crippen molar-refractivity contribution in [2.24, 2.45) is 0 Å². The number of ketones is 1. The molecule has 1 aliphatic rings. The first-order valence-electron chi connectivity index (χ1n) is 12.8. The number of fused-ring (bicyclic) bond motifs is 2. The number of hydrogen-bond acceptors (Lipinski definition) is 7. The van der Waals surface area contributed by atoms with Gasteiger partial charge in [0.2, 0.25) is 0 Å². The second kappa shape index (κ2) is 9.48. The van der Waals surface area contributed by atoms with E-state index in [0.29, 0.717) is 44.1 Å². The molecule has 8 nitrogen and oxygen atoms in total. The molecule has 5 aromatic heterocycles. The normalized spacial score (nSPS) is 14.1. The molecule has 1 aromatic carbocycles. The lowest BCUT2D eigenvalue weighted by atomic mass is 10.0. The highest BCUT2D eigenvalue weighted by molar-refractivity contribution is 7.17. The third kappa shape index (κ3) is 4.21. The number of aromatic nitrogens is 6. The average Bonchev–Trinajstić information content (AvgIpc) is 3.74. The number of carbonyl (C=O) groups is 1. The number of pyridine rings is 2. The van der Waals surface area contributed by atoms with Crippen LogP contribution in [0, 0.1) is 5.82 Å². The fourth-order valence-corrected chi connectivity index (χ4v) is 6.17. The predicted molar refractivity (Wildman–Crippen MR) is 150 cm³/mol. The van der Waals surface area contributed by atoms with Crippen LogP contribution in [0.5, 0.6) is 0 Å². The van der Waals surface area contributed by atoms with Gasteiger partial charge in [-0.2, -0.15) is 5.10 Å². The maximum absolute atomic E-state index is 16.2. The van der Waals surface area contributed by atoms with Crippen LogP contribution in [0.1, 0.15) is 35.0 Å².